The number of ether oxygens (including phenoxy) is 2. The first-order valence-electron chi connectivity index (χ1n) is 11.0. The normalized spacial score (nSPS) is 15.9. The maximum atomic E-state index is 13.3. The number of nitrogens with zero attached hydrogens (tertiary/aromatic N) is 2. The number of aliphatic hydroxyl groups excluding tert-OH is 1. The maximum absolute atomic E-state index is 13.3. The largest absolute Gasteiger partial charge is 0.503 e. The van der Waals surface area contributed by atoms with Crippen LogP contribution >= 0.6 is 0 Å². The number of anilines is 1. The predicted octanol–water partition coefficient (Wildman–Crippen LogP) is 4.49. The van der Waals surface area contributed by atoms with Gasteiger partial charge in [-0.3, -0.25) is 14.5 Å². The second kappa shape index (κ2) is 9.93. The lowest BCUT2D eigenvalue weighted by Crippen LogP contribution is -2.31. The van der Waals surface area contributed by atoms with Gasteiger partial charge in [-0.15, -0.1) is 0 Å². The Morgan fingerprint density at radius 2 is 1.85 bits per heavy atom. The number of carbonyl (C=O) groups is 2. The highest BCUT2D eigenvalue weighted by Crippen LogP contribution is 2.44. The number of rotatable bonds is 9. The van der Waals surface area contributed by atoms with Crippen molar-refractivity contribution in [2.75, 3.05) is 25.2 Å². The number of methoxy groups -OCH3 is 1. The summed E-state index contributed by atoms with van der Waals surface area (Å²) < 4.78 is 15.9. The van der Waals surface area contributed by atoms with Crippen molar-refractivity contribution in [2.45, 2.75) is 19.9 Å². The molecule has 1 aromatic heterocycles. The van der Waals surface area contributed by atoms with Gasteiger partial charge in [-0.1, -0.05) is 49.3 Å². The molecule has 1 aliphatic rings. The third-order valence-electron chi connectivity index (χ3n) is 5.64. The molecule has 176 valence electrons. The summed E-state index contributed by atoms with van der Waals surface area (Å²) in [7, 11) is 1.58. The molecule has 8 nitrogen and oxygen atoms in total. The van der Waals surface area contributed by atoms with E-state index in [4.69, 9.17) is 14.0 Å². The quantitative estimate of drug-likeness (QED) is 0.467. The summed E-state index contributed by atoms with van der Waals surface area (Å²) in [5, 5.41) is 14.8. The van der Waals surface area contributed by atoms with Crippen LogP contribution in [0.1, 0.15) is 25.5 Å². The highest BCUT2D eigenvalue weighted by Gasteiger charge is 2.45. The first kappa shape index (κ1) is 23.3. The average molecular weight is 463 g/mol. The van der Waals surface area contributed by atoms with Crippen molar-refractivity contribution < 1.29 is 28.7 Å². The van der Waals surface area contributed by atoms with Crippen LogP contribution in [-0.4, -0.2) is 42.3 Å². The Labute approximate surface area is 197 Å². The van der Waals surface area contributed by atoms with Crippen molar-refractivity contribution in [1.82, 2.24) is 5.16 Å². The predicted molar refractivity (Wildman–Crippen MR) is 125 cm³/mol. The van der Waals surface area contributed by atoms with Crippen molar-refractivity contribution in [1.29, 1.82) is 0 Å². The highest BCUT2D eigenvalue weighted by molar-refractivity contribution is 6.17. The van der Waals surface area contributed by atoms with Crippen LogP contribution in [0.3, 0.4) is 0 Å². The SMILES string of the molecule is COCCOc1ccccc1C1C(C(=O)C(C)C)=C(O)C(=O)N1c1ccc(-c2ccon2)cc1. The molecule has 2 aromatic carbocycles. The highest BCUT2D eigenvalue weighted by atomic mass is 16.5. The minimum atomic E-state index is -0.848. The molecule has 34 heavy (non-hydrogen) atoms. The smallest absolute Gasteiger partial charge is 0.294 e. The standard InChI is InChI=1S/C26H26N2O6/c1-16(2)24(29)22-23(19-6-4-5-7-21(19)33-15-14-32-3)28(26(31)25(22)30)18-10-8-17(9-11-18)20-12-13-34-27-20/h4-13,16,23,30H,14-15H2,1-3H3. The molecule has 1 N–H and O–H groups in total. The van der Waals surface area contributed by atoms with Gasteiger partial charge in [0.15, 0.2) is 11.5 Å². The summed E-state index contributed by atoms with van der Waals surface area (Å²) in [5.74, 6) is -1.40. The molecule has 0 saturated carbocycles. The molecular formula is C26H26N2O6. The third-order valence-corrected chi connectivity index (χ3v) is 5.64. The van der Waals surface area contributed by atoms with E-state index in [2.05, 4.69) is 5.16 Å². The van der Waals surface area contributed by atoms with E-state index in [9.17, 15) is 14.7 Å². The molecule has 1 aliphatic heterocycles. The zero-order valence-corrected chi connectivity index (χ0v) is 19.2. The summed E-state index contributed by atoms with van der Waals surface area (Å²) in [6.07, 6.45) is 1.48. The zero-order valence-electron chi connectivity index (χ0n) is 19.2. The molecule has 0 aliphatic carbocycles. The Morgan fingerprint density at radius 1 is 1.12 bits per heavy atom. The fourth-order valence-corrected chi connectivity index (χ4v) is 3.96. The lowest BCUT2D eigenvalue weighted by atomic mass is 9.90. The number of carbonyl (C=O) groups excluding carboxylic acids is 2. The molecule has 0 bridgehead atoms. The maximum Gasteiger partial charge on any atom is 0.294 e. The Bertz CT molecular complexity index is 1200. The monoisotopic (exact) mass is 462 g/mol. The minimum Gasteiger partial charge on any atom is -0.503 e. The van der Waals surface area contributed by atoms with Crippen LogP contribution < -0.4 is 9.64 Å². The molecule has 4 rings (SSSR count). The van der Waals surface area contributed by atoms with Crippen LogP contribution in [0.15, 0.2) is 76.7 Å². The third kappa shape index (κ3) is 4.32. The van der Waals surface area contributed by atoms with Crippen molar-refractivity contribution >= 4 is 17.4 Å². The molecule has 0 saturated heterocycles. The average Bonchev–Trinajstić information content (AvgIpc) is 3.47. The Hall–Kier alpha value is -3.91. The molecule has 0 radical (unpaired) electrons. The number of aromatic nitrogens is 1. The summed E-state index contributed by atoms with van der Waals surface area (Å²) in [6.45, 7) is 4.15. The number of para-hydroxylation sites is 1. The van der Waals surface area contributed by atoms with E-state index in [0.717, 1.165) is 5.56 Å². The van der Waals surface area contributed by atoms with Crippen LogP contribution in [-0.2, 0) is 14.3 Å². The van der Waals surface area contributed by atoms with Crippen LogP contribution in [0.4, 0.5) is 5.69 Å². The van der Waals surface area contributed by atoms with Crippen LogP contribution in [0, 0.1) is 5.92 Å². The molecule has 1 atom stereocenters. The first-order chi connectivity index (χ1) is 16.4. The van der Waals surface area contributed by atoms with E-state index in [1.54, 1.807) is 63.4 Å². The molecule has 0 fully saturated rings. The summed E-state index contributed by atoms with van der Waals surface area (Å²) in [6, 6.07) is 15.2. The van der Waals surface area contributed by atoms with Crippen molar-refractivity contribution in [3.8, 4) is 17.0 Å². The number of aliphatic hydroxyl groups is 1. The zero-order chi connectivity index (χ0) is 24.2. The van der Waals surface area contributed by atoms with Gasteiger partial charge in [0.25, 0.3) is 5.91 Å². The van der Waals surface area contributed by atoms with E-state index in [-0.39, 0.29) is 11.4 Å². The lowest BCUT2D eigenvalue weighted by molar-refractivity contribution is -0.119. The molecule has 2 heterocycles. The van der Waals surface area contributed by atoms with E-state index < -0.39 is 23.6 Å². The van der Waals surface area contributed by atoms with E-state index in [0.29, 0.717) is 35.9 Å². The lowest BCUT2D eigenvalue weighted by Gasteiger charge is -2.28. The second-order valence-electron chi connectivity index (χ2n) is 8.17. The van der Waals surface area contributed by atoms with Crippen molar-refractivity contribution in [3.63, 3.8) is 0 Å². The molecule has 1 amide bonds. The molecule has 8 heteroatoms. The molecule has 1 unspecified atom stereocenters. The van der Waals surface area contributed by atoms with Crippen LogP contribution in [0.25, 0.3) is 11.3 Å². The second-order valence-corrected chi connectivity index (χ2v) is 8.17. The van der Waals surface area contributed by atoms with E-state index in [1.165, 1.54) is 11.2 Å². The fraction of sp³-hybridized carbons (Fsp3) is 0.269. The Morgan fingerprint density at radius 3 is 2.50 bits per heavy atom. The van der Waals surface area contributed by atoms with Gasteiger partial charge in [0.2, 0.25) is 0 Å². The van der Waals surface area contributed by atoms with Gasteiger partial charge in [-0.25, -0.2) is 0 Å². The summed E-state index contributed by atoms with van der Waals surface area (Å²) in [5.41, 5.74) is 2.64. The molecular weight excluding hydrogens is 436 g/mol. The number of hydrogen-bond acceptors (Lipinski definition) is 7. The van der Waals surface area contributed by atoms with Crippen LogP contribution in [0.2, 0.25) is 0 Å². The minimum absolute atomic E-state index is 0.0587. The van der Waals surface area contributed by atoms with Gasteiger partial charge in [0, 0.05) is 35.9 Å². The topological polar surface area (TPSA) is 102 Å². The Kier molecular flexibility index (Phi) is 6.79. The number of hydrogen-bond donors (Lipinski definition) is 1. The van der Waals surface area contributed by atoms with Crippen LogP contribution in [0.5, 0.6) is 5.75 Å². The van der Waals surface area contributed by atoms with Gasteiger partial charge in [-0.2, -0.15) is 0 Å². The Balaban J connectivity index is 1.80. The van der Waals surface area contributed by atoms with Crippen molar-refractivity contribution in [2.24, 2.45) is 5.92 Å². The van der Waals surface area contributed by atoms with Gasteiger partial charge in [0.05, 0.1) is 18.2 Å². The number of amides is 1. The van der Waals surface area contributed by atoms with Gasteiger partial charge < -0.3 is 19.1 Å². The van der Waals surface area contributed by atoms with Gasteiger partial charge in [0.1, 0.15) is 24.3 Å². The fourth-order valence-electron chi connectivity index (χ4n) is 3.96. The van der Waals surface area contributed by atoms with Gasteiger partial charge in [-0.05, 0) is 18.2 Å². The summed E-state index contributed by atoms with van der Waals surface area (Å²) >= 11 is 0. The molecule has 0 spiro atoms. The van der Waals surface area contributed by atoms with E-state index >= 15 is 0 Å². The number of Topliss-reactive ketones (excluding diaryl/α,β-unsaturated/α-hetero) is 1. The van der Waals surface area contributed by atoms with Gasteiger partial charge >= 0.3 is 0 Å². The number of ketones is 1. The molecule has 3 aromatic rings. The van der Waals surface area contributed by atoms with Crippen molar-refractivity contribution in [3.05, 3.63) is 77.8 Å². The number of benzene rings is 2. The summed E-state index contributed by atoms with van der Waals surface area (Å²) in [4.78, 5) is 27.9. The first-order valence-corrected chi connectivity index (χ1v) is 11.0. The van der Waals surface area contributed by atoms with E-state index in [1.807, 2.05) is 12.1 Å².